The molecule has 6 heteroatoms. The van der Waals surface area contributed by atoms with E-state index in [4.69, 9.17) is 4.74 Å². The second-order valence-corrected chi connectivity index (χ2v) is 11.7. The van der Waals surface area contributed by atoms with Crippen LogP contribution >= 0.6 is 0 Å². The molecule has 0 fully saturated rings. The van der Waals surface area contributed by atoms with Crippen molar-refractivity contribution in [1.29, 1.82) is 0 Å². The monoisotopic (exact) mass is 595 g/mol. The van der Waals surface area contributed by atoms with E-state index in [0.717, 1.165) is 53.4 Å². The van der Waals surface area contributed by atoms with Gasteiger partial charge in [-0.15, -0.1) is 0 Å². The highest BCUT2D eigenvalue weighted by Crippen LogP contribution is 2.20. The topological polar surface area (TPSA) is 70.7 Å². The third kappa shape index (κ3) is 10.7. The number of rotatable bonds is 15. The predicted molar refractivity (Wildman–Crippen MR) is 182 cm³/mol. The van der Waals surface area contributed by atoms with Crippen molar-refractivity contribution in [3.05, 3.63) is 107 Å². The minimum absolute atomic E-state index is 0.0960. The molecule has 1 atom stereocenters. The van der Waals surface area contributed by atoms with Crippen molar-refractivity contribution in [2.75, 3.05) is 25.6 Å². The lowest BCUT2D eigenvalue weighted by Crippen LogP contribution is -2.48. The first kappa shape index (κ1) is 34.0. The zero-order valence-electron chi connectivity index (χ0n) is 27.0. The van der Waals surface area contributed by atoms with Crippen molar-refractivity contribution in [2.24, 2.45) is 0 Å². The minimum atomic E-state index is -1.07. The summed E-state index contributed by atoms with van der Waals surface area (Å²) in [6.07, 6.45) is 13.8. The van der Waals surface area contributed by atoms with Crippen LogP contribution in [0.1, 0.15) is 77.1 Å². The van der Waals surface area contributed by atoms with Crippen LogP contribution < -0.4 is 9.47 Å². The van der Waals surface area contributed by atoms with Gasteiger partial charge in [-0.1, -0.05) is 53.1 Å². The Morgan fingerprint density at radius 3 is 2.16 bits per heavy atom. The molecule has 1 heterocycles. The molecule has 0 amide bonds. The van der Waals surface area contributed by atoms with Gasteiger partial charge in [0.15, 0.2) is 0 Å². The summed E-state index contributed by atoms with van der Waals surface area (Å²) in [5.74, 6) is -1.64. The molecule has 0 bridgehead atoms. The Labute approximate surface area is 262 Å². The van der Waals surface area contributed by atoms with Crippen LogP contribution in [0.3, 0.4) is 0 Å². The predicted octanol–water partition coefficient (Wildman–Crippen LogP) is 8.34. The summed E-state index contributed by atoms with van der Waals surface area (Å²) >= 11 is 0. The highest BCUT2D eigenvalue weighted by Gasteiger charge is 2.35. The van der Waals surface area contributed by atoms with Crippen LogP contribution in [0.25, 0.3) is 23.1 Å². The SMILES string of the molecule is CC(C)=CCC/C(C)=C/CC/C(C)=C/COC(=O)C(CC(=O)O)[n+]1c(/C=C/c2ccc(N(C)C)cc2)ccc2ccccc21. The molecule has 0 spiro atoms. The summed E-state index contributed by atoms with van der Waals surface area (Å²) in [6, 6.07) is 18.7. The van der Waals surface area contributed by atoms with Gasteiger partial charge >= 0.3 is 11.9 Å². The molecule has 6 nitrogen and oxygen atoms in total. The van der Waals surface area contributed by atoms with Crippen LogP contribution in [-0.2, 0) is 14.3 Å². The standard InChI is InChI=1S/C38H46N2O4/c1-28(2)11-9-12-29(3)13-10-14-30(4)25-26-44-38(43)36(27-37(41)42)40-34(24-20-32-15-7-8-16-35(32)40)23-19-31-17-21-33(22-18-31)39(5)6/h7-8,11,13,15-25,36H,9-10,12,14,26-27H2,1-6H3/p+1/b29-13+,30-25+. The highest BCUT2D eigenvalue weighted by atomic mass is 16.5. The zero-order chi connectivity index (χ0) is 32.1. The lowest BCUT2D eigenvalue weighted by molar-refractivity contribution is -0.686. The van der Waals surface area contributed by atoms with E-state index in [-0.39, 0.29) is 6.61 Å². The zero-order valence-corrected chi connectivity index (χ0v) is 27.0. The molecule has 0 saturated heterocycles. The number of anilines is 1. The Kier molecular flexibility index (Phi) is 13.2. The van der Waals surface area contributed by atoms with Gasteiger partial charge in [0.1, 0.15) is 13.0 Å². The number of aliphatic carboxylic acids is 1. The van der Waals surface area contributed by atoms with E-state index in [1.807, 2.05) is 105 Å². The second kappa shape index (κ2) is 17.0. The number of benzene rings is 2. The van der Waals surface area contributed by atoms with Crippen molar-refractivity contribution in [1.82, 2.24) is 0 Å². The third-order valence-corrected chi connectivity index (χ3v) is 7.50. The molecule has 0 aliphatic rings. The van der Waals surface area contributed by atoms with Crippen LogP contribution in [0.15, 0.2) is 95.6 Å². The number of pyridine rings is 1. The molecule has 0 saturated carbocycles. The minimum Gasteiger partial charge on any atom is -0.481 e. The van der Waals surface area contributed by atoms with E-state index in [1.165, 1.54) is 11.1 Å². The molecule has 1 aromatic heterocycles. The third-order valence-electron chi connectivity index (χ3n) is 7.50. The Balaban J connectivity index is 1.79. The fourth-order valence-electron chi connectivity index (χ4n) is 4.94. The fraction of sp³-hybridized carbons (Fsp3) is 0.342. The molecular weight excluding hydrogens is 548 g/mol. The Hall–Kier alpha value is -4.45. The summed E-state index contributed by atoms with van der Waals surface area (Å²) < 4.78 is 7.47. The van der Waals surface area contributed by atoms with E-state index in [1.54, 1.807) is 4.57 Å². The number of carbonyl (C=O) groups excluding carboxylic acids is 1. The van der Waals surface area contributed by atoms with Gasteiger partial charge in [-0.3, -0.25) is 4.79 Å². The van der Waals surface area contributed by atoms with Crippen molar-refractivity contribution in [3.8, 4) is 0 Å². The number of allylic oxidation sites excluding steroid dienone is 5. The normalized spacial score (nSPS) is 12.8. The van der Waals surface area contributed by atoms with E-state index in [9.17, 15) is 14.7 Å². The lowest BCUT2D eigenvalue weighted by Gasteiger charge is -2.14. The molecular formula is C38H47N2O4+. The number of aromatic nitrogens is 1. The molecule has 3 aromatic rings. The van der Waals surface area contributed by atoms with Crippen molar-refractivity contribution < 1.29 is 24.0 Å². The maximum absolute atomic E-state index is 13.5. The summed E-state index contributed by atoms with van der Waals surface area (Å²) in [4.78, 5) is 27.5. The van der Waals surface area contributed by atoms with Crippen LogP contribution in [0.2, 0.25) is 0 Å². The van der Waals surface area contributed by atoms with Crippen LogP contribution in [0, 0.1) is 0 Å². The molecule has 0 aliphatic carbocycles. The number of esters is 1. The first-order valence-electron chi connectivity index (χ1n) is 15.3. The van der Waals surface area contributed by atoms with Crippen LogP contribution in [-0.4, -0.2) is 37.7 Å². The second-order valence-electron chi connectivity index (χ2n) is 11.7. The first-order chi connectivity index (χ1) is 21.0. The van der Waals surface area contributed by atoms with Gasteiger partial charge in [-0.2, -0.15) is 4.57 Å². The first-order valence-corrected chi connectivity index (χ1v) is 15.3. The average molecular weight is 596 g/mol. The van der Waals surface area contributed by atoms with Crippen molar-refractivity contribution in [2.45, 2.75) is 65.8 Å². The summed E-state index contributed by atoms with van der Waals surface area (Å²) in [6.45, 7) is 8.53. The lowest BCUT2D eigenvalue weighted by atomic mass is 10.1. The number of para-hydroxylation sites is 1. The molecule has 1 N–H and O–H groups in total. The Morgan fingerprint density at radius 1 is 0.841 bits per heavy atom. The molecule has 2 aromatic carbocycles. The summed E-state index contributed by atoms with van der Waals surface area (Å²) in [5.41, 5.74) is 7.41. The smallest absolute Gasteiger partial charge is 0.376 e. The van der Waals surface area contributed by atoms with Gasteiger partial charge in [0.2, 0.25) is 11.2 Å². The number of carboxylic acids is 1. The van der Waals surface area contributed by atoms with Gasteiger partial charge in [0.05, 0.1) is 0 Å². The van der Waals surface area contributed by atoms with E-state index < -0.39 is 24.4 Å². The molecule has 0 aliphatic heterocycles. The number of fused-ring (bicyclic) bond motifs is 1. The maximum atomic E-state index is 13.5. The van der Waals surface area contributed by atoms with E-state index >= 15 is 0 Å². The van der Waals surface area contributed by atoms with Gasteiger partial charge in [0, 0.05) is 43.4 Å². The summed E-state index contributed by atoms with van der Waals surface area (Å²) in [5, 5.41) is 10.7. The summed E-state index contributed by atoms with van der Waals surface area (Å²) in [7, 11) is 3.99. The van der Waals surface area contributed by atoms with E-state index in [0.29, 0.717) is 5.69 Å². The molecule has 0 radical (unpaired) electrons. The number of nitrogens with zero attached hydrogens (tertiary/aromatic N) is 2. The Morgan fingerprint density at radius 2 is 1.50 bits per heavy atom. The van der Waals surface area contributed by atoms with Gasteiger partial charge in [0.25, 0.3) is 6.04 Å². The van der Waals surface area contributed by atoms with Gasteiger partial charge in [-0.25, -0.2) is 4.79 Å². The van der Waals surface area contributed by atoms with Crippen molar-refractivity contribution >= 4 is 40.7 Å². The fourth-order valence-corrected chi connectivity index (χ4v) is 4.94. The quantitative estimate of drug-likeness (QED) is 0.109. The average Bonchev–Trinajstić information content (AvgIpc) is 2.98. The van der Waals surface area contributed by atoms with Gasteiger partial charge in [-0.05, 0) is 95.4 Å². The highest BCUT2D eigenvalue weighted by molar-refractivity contribution is 5.82. The molecule has 3 rings (SSSR count). The maximum Gasteiger partial charge on any atom is 0.376 e. The molecule has 44 heavy (non-hydrogen) atoms. The molecule has 232 valence electrons. The number of ether oxygens (including phenoxy) is 1. The van der Waals surface area contributed by atoms with Crippen molar-refractivity contribution in [3.63, 3.8) is 0 Å². The Bertz CT molecular complexity index is 1540. The number of hydrogen-bond acceptors (Lipinski definition) is 4. The molecule has 1 unspecified atom stereocenters. The van der Waals surface area contributed by atoms with Crippen LogP contribution in [0.5, 0.6) is 0 Å². The number of carboxylic acid groups (broad SMARTS) is 1. The largest absolute Gasteiger partial charge is 0.481 e. The van der Waals surface area contributed by atoms with E-state index in [2.05, 4.69) is 32.9 Å². The number of carbonyl (C=O) groups is 2. The van der Waals surface area contributed by atoms with Crippen LogP contribution in [0.4, 0.5) is 5.69 Å². The number of hydrogen-bond donors (Lipinski definition) is 1. The van der Waals surface area contributed by atoms with Gasteiger partial charge < -0.3 is 14.7 Å².